The van der Waals surface area contributed by atoms with E-state index < -0.39 is 0 Å². The summed E-state index contributed by atoms with van der Waals surface area (Å²) in [5, 5.41) is 7.78. The van der Waals surface area contributed by atoms with E-state index >= 15 is 0 Å². The van der Waals surface area contributed by atoms with Gasteiger partial charge in [0, 0.05) is 54.0 Å². The molecule has 1 fully saturated rings. The molecule has 1 aliphatic carbocycles. The standard InChI is InChI=1S/C22H22ClN5O3/c23-17-5-3-15(4-6-17)19(29)9-10-20(30)25-12-13-27-22(31)28(18-7-8-18)21(26-27)16-2-1-11-24-14-16/h1-6,11,14,18H,7-10,12-13H2,(H,25,30). The van der Waals surface area contributed by atoms with Crippen LogP contribution in [0.4, 0.5) is 0 Å². The number of carbonyl (C=O) groups excluding carboxylic acids is 2. The maximum atomic E-state index is 12.8. The van der Waals surface area contributed by atoms with E-state index in [2.05, 4.69) is 15.4 Å². The molecule has 4 rings (SSSR count). The molecule has 0 aliphatic heterocycles. The van der Waals surface area contributed by atoms with Crippen LogP contribution >= 0.6 is 11.6 Å². The molecule has 31 heavy (non-hydrogen) atoms. The van der Waals surface area contributed by atoms with Gasteiger partial charge in [0.05, 0.1) is 6.54 Å². The Morgan fingerprint density at radius 2 is 1.90 bits per heavy atom. The van der Waals surface area contributed by atoms with Gasteiger partial charge < -0.3 is 5.32 Å². The fourth-order valence-electron chi connectivity index (χ4n) is 3.32. The molecule has 1 N–H and O–H groups in total. The molecule has 1 saturated carbocycles. The molecule has 0 radical (unpaired) electrons. The Morgan fingerprint density at radius 1 is 1.13 bits per heavy atom. The number of nitrogens with zero attached hydrogens (tertiary/aromatic N) is 4. The van der Waals surface area contributed by atoms with Crippen LogP contribution in [0.15, 0.2) is 53.6 Å². The number of nitrogens with one attached hydrogen (secondary N) is 1. The van der Waals surface area contributed by atoms with E-state index in [0.29, 0.717) is 16.4 Å². The minimum atomic E-state index is -0.246. The van der Waals surface area contributed by atoms with Crippen LogP contribution in [0.1, 0.15) is 42.1 Å². The van der Waals surface area contributed by atoms with Crippen molar-refractivity contribution in [3.8, 4) is 11.4 Å². The van der Waals surface area contributed by atoms with Crippen molar-refractivity contribution in [2.24, 2.45) is 0 Å². The van der Waals surface area contributed by atoms with Gasteiger partial charge in [0.2, 0.25) is 5.91 Å². The lowest BCUT2D eigenvalue weighted by Gasteiger charge is -2.05. The maximum absolute atomic E-state index is 12.8. The SMILES string of the molecule is O=C(CCC(=O)c1ccc(Cl)cc1)NCCn1nc(-c2cccnc2)n(C2CC2)c1=O. The van der Waals surface area contributed by atoms with Crippen LogP contribution in [0.25, 0.3) is 11.4 Å². The van der Waals surface area contributed by atoms with Crippen LogP contribution in [0.2, 0.25) is 5.02 Å². The van der Waals surface area contributed by atoms with Crippen LogP contribution < -0.4 is 11.0 Å². The summed E-state index contributed by atoms with van der Waals surface area (Å²) in [6.07, 6.45) is 5.45. The third-order valence-electron chi connectivity index (χ3n) is 5.09. The number of hydrogen-bond acceptors (Lipinski definition) is 5. The van der Waals surface area contributed by atoms with E-state index in [1.807, 2.05) is 12.1 Å². The predicted molar refractivity (Wildman–Crippen MR) is 116 cm³/mol. The molecule has 0 bridgehead atoms. The molecule has 1 amide bonds. The van der Waals surface area contributed by atoms with Gasteiger partial charge in [0.1, 0.15) is 0 Å². The Hall–Kier alpha value is -3.26. The smallest absolute Gasteiger partial charge is 0.346 e. The molecule has 160 valence electrons. The highest BCUT2D eigenvalue weighted by atomic mass is 35.5. The van der Waals surface area contributed by atoms with Gasteiger partial charge in [0.15, 0.2) is 11.6 Å². The number of aromatic nitrogens is 4. The monoisotopic (exact) mass is 439 g/mol. The zero-order chi connectivity index (χ0) is 21.8. The molecule has 9 heteroatoms. The normalized spacial score (nSPS) is 13.2. The Balaban J connectivity index is 1.32. The van der Waals surface area contributed by atoms with E-state index in [1.54, 1.807) is 41.2 Å². The van der Waals surface area contributed by atoms with Crippen molar-refractivity contribution in [2.45, 2.75) is 38.3 Å². The minimum absolute atomic E-state index is 0.0772. The maximum Gasteiger partial charge on any atom is 0.346 e. The zero-order valence-corrected chi connectivity index (χ0v) is 17.6. The molecule has 0 spiro atoms. The first-order valence-corrected chi connectivity index (χ1v) is 10.6. The van der Waals surface area contributed by atoms with Crippen LogP contribution in [-0.2, 0) is 11.3 Å². The number of ketones is 1. The van der Waals surface area contributed by atoms with Crippen molar-refractivity contribution < 1.29 is 9.59 Å². The van der Waals surface area contributed by atoms with Crippen molar-refractivity contribution in [1.82, 2.24) is 24.6 Å². The number of carbonyl (C=O) groups is 2. The molecular weight excluding hydrogens is 418 g/mol. The first-order valence-electron chi connectivity index (χ1n) is 10.2. The van der Waals surface area contributed by atoms with E-state index in [0.717, 1.165) is 18.4 Å². The van der Waals surface area contributed by atoms with Crippen LogP contribution in [0.3, 0.4) is 0 Å². The van der Waals surface area contributed by atoms with Gasteiger partial charge in [0.25, 0.3) is 0 Å². The largest absolute Gasteiger partial charge is 0.354 e. The Bertz CT molecular complexity index is 1130. The first kappa shape index (κ1) is 21.0. The number of hydrogen-bond donors (Lipinski definition) is 1. The van der Waals surface area contributed by atoms with Gasteiger partial charge in [-0.25, -0.2) is 9.48 Å². The number of amides is 1. The highest BCUT2D eigenvalue weighted by Gasteiger charge is 2.30. The lowest BCUT2D eigenvalue weighted by Crippen LogP contribution is -2.32. The zero-order valence-electron chi connectivity index (χ0n) is 16.8. The first-order chi connectivity index (χ1) is 15.0. The molecule has 8 nitrogen and oxygen atoms in total. The average Bonchev–Trinajstić information content (AvgIpc) is 3.57. The average molecular weight is 440 g/mol. The van der Waals surface area contributed by atoms with Crippen molar-refractivity contribution in [1.29, 1.82) is 0 Å². The number of pyridine rings is 1. The highest BCUT2D eigenvalue weighted by Crippen LogP contribution is 2.36. The quantitative estimate of drug-likeness (QED) is 0.517. The fraction of sp³-hybridized carbons (Fsp3) is 0.318. The van der Waals surface area contributed by atoms with Gasteiger partial charge in [-0.1, -0.05) is 11.6 Å². The molecule has 1 aromatic carbocycles. The van der Waals surface area contributed by atoms with Gasteiger partial charge >= 0.3 is 5.69 Å². The Labute approximate surface area is 183 Å². The molecule has 0 saturated heterocycles. The van der Waals surface area contributed by atoms with Gasteiger partial charge in [-0.2, -0.15) is 0 Å². The summed E-state index contributed by atoms with van der Waals surface area (Å²) in [5.74, 6) is 0.234. The summed E-state index contributed by atoms with van der Waals surface area (Å²) >= 11 is 5.82. The van der Waals surface area contributed by atoms with Crippen LogP contribution in [0.5, 0.6) is 0 Å². The summed E-state index contributed by atoms with van der Waals surface area (Å²) in [4.78, 5) is 41.2. The summed E-state index contributed by atoms with van der Waals surface area (Å²) < 4.78 is 3.09. The van der Waals surface area contributed by atoms with Gasteiger partial charge in [-0.05, 0) is 49.2 Å². The Kier molecular flexibility index (Phi) is 6.27. The lowest BCUT2D eigenvalue weighted by atomic mass is 10.1. The van der Waals surface area contributed by atoms with E-state index in [1.165, 1.54) is 4.68 Å². The van der Waals surface area contributed by atoms with Crippen molar-refractivity contribution in [3.05, 3.63) is 69.9 Å². The number of halogens is 1. The molecular formula is C22H22ClN5O3. The summed E-state index contributed by atoms with van der Waals surface area (Å²) in [5.41, 5.74) is 1.13. The Morgan fingerprint density at radius 3 is 2.58 bits per heavy atom. The predicted octanol–water partition coefficient (Wildman–Crippen LogP) is 2.87. The molecule has 0 atom stereocenters. The van der Waals surface area contributed by atoms with Crippen molar-refractivity contribution in [2.75, 3.05) is 6.54 Å². The topological polar surface area (TPSA) is 98.9 Å². The molecule has 2 aromatic heterocycles. The second kappa shape index (κ2) is 9.26. The van der Waals surface area contributed by atoms with Crippen LogP contribution in [0, 0.1) is 0 Å². The van der Waals surface area contributed by atoms with E-state index in [9.17, 15) is 14.4 Å². The third kappa shape index (κ3) is 5.08. The molecule has 3 aromatic rings. The van der Waals surface area contributed by atoms with Crippen molar-refractivity contribution in [3.63, 3.8) is 0 Å². The van der Waals surface area contributed by atoms with Gasteiger partial charge in [-0.3, -0.25) is 19.1 Å². The fourth-order valence-corrected chi connectivity index (χ4v) is 3.44. The van der Waals surface area contributed by atoms with Gasteiger partial charge in [-0.15, -0.1) is 5.10 Å². The second-order valence-corrected chi connectivity index (χ2v) is 7.89. The molecule has 0 unspecified atom stereocenters. The summed E-state index contributed by atoms with van der Waals surface area (Å²) in [6, 6.07) is 10.4. The van der Waals surface area contributed by atoms with Crippen LogP contribution in [-0.4, -0.2) is 37.6 Å². The van der Waals surface area contributed by atoms with Crippen molar-refractivity contribution >= 4 is 23.3 Å². The van der Waals surface area contributed by atoms with E-state index in [-0.39, 0.29) is 49.4 Å². The minimum Gasteiger partial charge on any atom is -0.354 e. The number of rotatable bonds is 9. The molecule has 2 heterocycles. The van der Waals surface area contributed by atoms with E-state index in [4.69, 9.17) is 11.6 Å². The lowest BCUT2D eigenvalue weighted by molar-refractivity contribution is -0.121. The summed E-state index contributed by atoms with van der Waals surface area (Å²) in [7, 11) is 0. The third-order valence-corrected chi connectivity index (χ3v) is 5.35. The highest BCUT2D eigenvalue weighted by molar-refractivity contribution is 6.30. The second-order valence-electron chi connectivity index (χ2n) is 7.45. The number of benzene rings is 1. The number of Topliss-reactive ketones (excluding diaryl/α,β-unsaturated/α-hetero) is 1. The summed E-state index contributed by atoms with van der Waals surface area (Å²) in [6.45, 7) is 0.505. The molecule has 1 aliphatic rings.